The molecule has 1 rings (SSSR count). The van der Waals surface area contributed by atoms with Crippen LogP contribution in [0.3, 0.4) is 0 Å². The molecule has 0 aliphatic carbocycles. The van der Waals surface area contributed by atoms with Crippen LogP contribution >= 0.6 is 12.4 Å². The van der Waals surface area contributed by atoms with Crippen molar-refractivity contribution < 1.29 is 9.26 Å². The number of methoxy groups -OCH3 is 1. The highest BCUT2D eigenvalue weighted by Gasteiger charge is 2.03. The Morgan fingerprint density at radius 2 is 2.33 bits per heavy atom. The molecule has 0 aromatic carbocycles. The lowest BCUT2D eigenvalue weighted by atomic mass is 10.4. The van der Waals surface area contributed by atoms with Crippen LogP contribution in [0.15, 0.2) is 4.52 Å². The van der Waals surface area contributed by atoms with E-state index in [2.05, 4.69) is 10.1 Å². The molecule has 1 aromatic rings. The number of aromatic nitrogens is 2. The van der Waals surface area contributed by atoms with Crippen molar-refractivity contribution >= 4 is 12.4 Å². The normalized spacial score (nSPS) is 9.50. The fourth-order valence-corrected chi connectivity index (χ4v) is 0.703. The number of nitrogens with two attached hydrogens (primary N) is 1. The van der Waals surface area contributed by atoms with Crippen molar-refractivity contribution in [3.63, 3.8) is 0 Å². The van der Waals surface area contributed by atoms with Gasteiger partial charge < -0.3 is 15.0 Å². The van der Waals surface area contributed by atoms with E-state index in [0.717, 1.165) is 0 Å². The van der Waals surface area contributed by atoms with Crippen LogP contribution in [-0.4, -0.2) is 23.8 Å². The summed E-state index contributed by atoms with van der Waals surface area (Å²) in [7, 11) is 1.58. The van der Waals surface area contributed by atoms with Crippen LogP contribution in [0, 0.1) is 0 Å². The predicted molar refractivity (Wildman–Crippen MR) is 45.0 cm³/mol. The standard InChI is InChI=1S/C6H11N3O2.ClH/c1-10-4-5-8-6(2-3-7)11-9-5;/h2-4,7H2,1H3;1H. The highest BCUT2D eigenvalue weighted by Crippen LogP contribution is 1.97. The van der Waals surface area contributed by atoms with Crippen molar-refractivity contribution in [2.75, 3.05) is 13.7 Å². The number of halogens is 1. The van der Waals surface area contributed by atoms with Gasteiger partial charge in [0, 0.05) is 20.1 Å². The monoisotopic (exact) mass is 193 g/mol. The minimum absolute atomic E-state index is 0. The maximum Gasteiger partial charge on any atom is 0.228 e. The van der Waals surface area contributed by atoms with Crippen molar-refractivity contribution in [3.05, 3.63) is 11.7 Å². The number of rotatable bonds is 4. The van der Waals surface area contributed by atoms with E-state index < -0.39 is 0 Å². The van der Waals surface area contributed by atoms with Gasteiger partial charge in [-0.3, -0.25) is 0 Å². The average Bonchev–Trinajstić information content (AvgIpc) is 2.38. The minimum Gasteiger partial charge on any atom is -0.377 e. The van der Waals surface area contributed by atoms with E-state index >= 15 is 0 Å². The molecule has 0 fully saturated rings. The first kappa shape index (κ1) is 11.4. The van der Waals surface area contributed by atoms with Crippen molar-refractivity contribution in [2.24, 2.45) is 5.73 Å². The molecule has 0 atom stereocenters. The van der Waals surface area contributed by atoms with E-state index in [1.807, 2.05) is 0 Å². The lowest BCUT2D eigenvalue weighted by molar-refractivity contribution is 0.174. The van der Waals surface area contributed by atoms with Crippen LogP contribution in [0.5, 0.6) is 0 Å². The fourth-order valence-electron chi connectivity index (χ4n) is 0.703. The van der Waals surface area contributed by atoms with Gasteiger partial charge in [-0.15, -0.1) is 12.4 Å². The maximum absolute atomic E-state index is 5.28. The molecule has 0 radical (unpaired) electrons. The zero-order chi connectivity index (χ0) is 8.10. The van der Waals surface area contributed by atoms with Gasteiger partial charge in [0.1, 0.15) is 6.61 Å². The largest absolute Gasteiger partial charge is 0.377 e. The molecule has 0 unspecified atom stereocenters. The van der Waals surface area contributed by atoms with Gasteiger partial charge in [0.05, 0.1) is 0 Å². The molecular weight excluding hydrogens is 182 g/mol. The Bertz CT molecular complexity index is 196. The summed E-state index contributed by atoms with van der Waals surface area (Å²) < 4.78 is 9.64. The number of nitrogens with zero attached hydrogens (tertiary/aromatic N) is 2. The Hall–Kier alpha value is -0.650. The summed E-state index contributed by atoms with van der Waals surface area (Å²) in [5, 5.41) is 3.66. The third kappa shape index (κ3) is 3.17. The van der Waals surface area contributed by atoms with E-state index in [1.54, 1.807) is 7.11 Å². The van der Waals surface area contributed by atoms with Gasteiger partial charge in [0.15, 0.2) is 5.82 Å². The fraction of sp³-hybridized carbons (Fsp3) is 0.667. The molecule has 1 heterocycles. The van der Waals surface area contributed by atoms with Gasteiger partial charge in [-0.1, -0.05) is 5.16 Å². The van der Waals surface area contributed by atoms with Crippen LogP contribution in [0.25, 0.3) is 0 Å². The van der Waals surface area contributed by atoms with Gasteiger partial charge in [0.25, 0.3) is 0 Å². The zero-order valence-corrected chi connectivity index (χ0v) is 7.63. The lowest BCUT2D eigenvalue weighted by Gasteiger charge is -1.86. The van der Waals surface area contributed by atoms with Gasteiger partial charge in [0.2, 0.25) is 5.89 Å². The second-order valence-electron chi connectivity index (χ2n) is 2.08. The Balaban J connectivity index is 0.00000121. The molecule has 12 heavy (non-hydrogen) atoms. The molecule has 0 saturated heterocycles. The second kappa shape index (κ2) is 5.93. The highest BCUT2D eigenvalue weighted by molar-refractivity contribution is 5.85. The molecule has 5 nitrogen and oxygen atoms in total. The van der Waals surface area contributed by atoms with Gasteiger partial charge >= 0.3 is 0 Å². The van der Waals surface area contributed by atoms with Crippen LogP contribution < -0.4 is 5.73 Å². The minimum atomic E-state index is 0. The molecule has 0 amide bonds. The molecule has 70 valence electrons. The third-order valence-electron chi connectivity index (χ3n) is 1.14. The predicted octanol–water partition coefficient (Wildman–Crippen LogP) is 0.139. The van der Waals surface area contributed by atoms with E-state index in [0.29, 0.717) is 31.3 Å². The summed E-state index contributed by atoms with van der Waals surface area (Å²) in [6.45, 7) is 0.905. The number of hydrogen-bond acceptors (Lipinski definition) is 5. The molecule has 1 aromatic heterocycles. The summed E-state index contributed by atoms with van der Waals surface area (Å²) in [5.41, 5.74) is 5.28. The van der Waals surface area contributed by atoms with Crippen LogP contribution in [-0.2, 0) is 17.8 Å². The van der Waals surface area contributed by atoms with E-state index in [-0.39, 0.29) is 12.4 Å². The summed E-state index contributed by atoms with van der Waals surface area (Å²) in [4.78, 5) is 4.01. The SMILES string of the molecule is COCc1noc(CCN)n1.Cl. The molecule has 0 saturated carbocycles. The topological polar surface area (TPSA) is 74.2 Å². The smallest absolute Gasteiger partial charge is 0.228 e. The quantitative estimate of drug-likeness (QED) is 0.736. The molecular formula is C6H12ClN3O2. The Labute approximate surface area is 76.7 Å². The summed E-state index contributed by atoms with van der Waals surface area (Å²) in [6.07, 6.45) is 0.622. The lowest BCUT2D eigenvalue weighted by Crippen LogP contribution is -2.02. The first-order chi connectivity index (χ1) is 5.36. The molecule has 6 heteroatoms. The van der Waals surface area contributed by atoms with Crippen molar-refractivity contribution in [2.45, 2.75) is 13.0 Å². The van der Waals surface area contributed by atoms with Crippen molar-refractivity contribution in [3.8, 4) is 0 Å². The van der Waals surface area contributed by atoms with Crippen LogP contribution in [0.4, 0.5) is 0 Å². The second-order valence-corrected chi connectivity index (χ2v) is 2.08. The van der Waals surface area contributed by atoms with Gasteiger partial charge in [-0.2, -0.15) is 4.98 Å². The maximum atomic E-state index is 5.28. The molecule has 0 spiro atoms. The number of ether oxygens (including phenoxy) is 1. The van der Waals surface area contributed by atoms with E-state index in [9.17, 15) is 0 Å². The van der Waals surface area contributed by atoms with Crippen LogP contribution in [0.1, 0.15) is 11.7 Å². The van der Waals surface area contributed by atoms with Crippen LogP contribution in [0.2, 0.25) is 0 Å². The summed E-state index contributed by atoms with van der Waals surface area (Å²) in [5.74, 6) is 1.13. The zero-order valence-electron chi connectivity index (χ0n) is 6.82. The summed E-state index contributed by atoms with van der Waals surface area (Å²) >= 11 is 0. The average molecular weight is 194 g/mol. The molecule has 0 aliphatic rings. The molecule has 2 N–H and O–H groups in total. The van der Waals surface area contributed by atoms with Gasteiger partial charge in [-0.05, 0) is 0 Å². The third-order valence-corrected chi connectivity index (χ3v) is 1.14. The van der Waals surface area contributed by atoms with Crippen molar-refractivity contribution in [1.82, 2.24) is 10.1 Å². The van der Waals surface area contributed by atoms with Gasteiger partial charge in [-0.25, -0.2) is 0 Å². The van der Waals surface area contributed by atoms with E-state index in [1.165, 1.54) is 0 Å². The van der Waals surface area contributed by atoms with Crippen molar-refractivity contribution in [1.29, 1.82) is 0 Å². The molecule has 0 bridgehead atoms. The first-order valence-electron chi connectivity index (χ1n) is 3.37. The number of hydrogen-bond donors (Lipinski definition) is 1. The Morgan fingerprint density at radius 1 is 1.58 bits per heavy atom. The Kier molecular flexibility index (Phi) is 5.61. The highest BCUT2D eigenvalue weighted by atomic mass is 35.5. The summed E-state index contributed by atoms with van der Waals surface area (Å²) in [6, 6.07) is 0. The van der Waals surface area contributed by atoms with E-state index in [4.69, 9.17) is 15.0 Å². The Morgan fingerprint density at radius 3 is 2.92 bits per heavy atom. The molecule has 0 aliphatic heterocycles. The first-order valence-corrected chi connectivity index (χ1v) is 3.37.